The monoisotopic (exact) mass is 292 g/mol. The van der Waals surface area contributed by atoms with Gasteiger partial charge in [-0.25, -0.2) is 0 Å². The molecule has 6 heteroatoms. The Labute approximate surface area is 125 Å². The van der Waals surface area contributed by atoms with E-state index in [1.54, 1.807) is 0 Å². The predicted octanol–water partition coefficient (Wildman–Crippen LogP) is 2.26. The molecule has 1 aliphatic heterocycles. The molecule has 2 N–H and O–H groups in total. The Morgan fingerprint density at radius 3 is 2.90 bits per heavy atom. The maximum Gasteiger partial charge on any atom is 0.249 e. The van der Waals surface area contributed by atoms with Gasteiger partial charge in [0.15, 0.2) is 5.82 Å². The first-order valence-electron chi connectivity index (χ1n) is 8.06. The third-order valence-corrected chi connectivity index (χ3v) is 4.70. The molecule has 21 heavy (non-hydrogen) atoms. The summed E-state index contributed by atoms with van der Waals surface area (Å²) in [6.07, 6.45) is 7.42. The molecule has 1 saturated carbocycles. The van der Waals surface area contributed by atoms with Gasteiger partial charge in [-0.05, 0) is 44.9 Å². The van der Waals surface area contributed by atoms with E-state index in [1.807, 2.05) is 11.8 Å². The summed E-state index contributed by atoms with van der Waals surface area (Å²) < 4.78 is 5.45. The van der Waals surface area contributed by atoms with Crippen LogP contribution in [0.4, 0.5) is 0 Å². The maximum atomic E-state index is 12.3. The Balaban J connectivity index is 1.78. The number of hydrogen-bond acceptors (Lipinski definition) is 5. The van der Waals surface area contributed by atoms with E-state index >= 15 is 0 Å². The van der Waals surface area contributed by atoms with Crippen LogP contribution in [-0.2, 0) is 10.3 Å². The molecule has 3 rings (SSSR count). The number of aromatic nitrogens is 2. The number of piperidine rings is 1. The second-order valence-corrected chi connectivity index (χ2v) is 6.31. The van der Waals surface area contributed by atoms with Crippen molar-refractivity contribution in [1.82, 2.24) is 15.0 Å². The van der Waals surface area contributed by atoms with Crippen molar-refractivity contribution in [2.24, 2.45) is 5.73 Å². The maximum absolute atomic E-state index is 12.3. The molecule has 2 aliphatic rings. The lowest BCUT2D eigenvalue weighted by atomic mass is 9.77. The summed E-state index contributed by atoms with van der Waals surface area (Å²) in [7, 11) is 0. The van der Waals surface area contributed by atoms with E-state index in [2.05, 4.69) is 10.1 Å². The van der Waals surface area contributed by atoms with Crippen LogP contribution in [0.5, 0.6) is 0 Å². The molecule has 1 saturated heterocycles. The molecule has 2 heterocycles. The lowest BCUT2D eigenvalue weighted by Gasteiger charge is -2.35. The molecule has 0 aromatic carbocycles. The van der Waals surface area contributed by atoms with Gasteiger partial charge < -0.3 is 15.2 Å². The minimum Gasteiger partial charge on any atom is -0.337 e. The van der Waals surface area contributed by atoms with E-state index in [9.17, 15) is 4.79 Å². The number of hydrogen-bond donors (Lipinski definition) is 1. The first-order valence-corrected chi connectivity index (χ1v) is 8.06. The standard InChI is InChI=1S/C15H24N4O2/c1-2-6-12(20)19-10-4-3-7-11(19)13-17-14(18-21-13)15(16)8-5-9-15/h11H,2-10,16H2,1H3. The zero-order chi connectivity index (χ0) is 14.9. The molecule has 1 unspecified atom stereocenters. The fourth-order valence-corrected chi connectivity index (χ4v) is 3.20. The molecule has 1 atom stereocenters. The highest BCUT2D eigenvalue weighted by molar-refractivity contribution is 5.76. The van der Waals surface area contributed by atoms with Crippen LogP contribution in [0.25, 0.3) is 0 Å². The number of amides is 1. The van der Waals surface area contributed by atoms with E-state index in [-0.39, 0.29) is 11.9 Å². The molecule has 0 radical (unpaired) electrons. The molecule has 1 aliphatic carbocycles. The Kier molecular flexibility index (Phi) is 3.97. The molecule has 1 amide bonds. The smallest absolute Gasteiger partial charge is 0.249 e. The van der Waals surface area contributed by atoms with Gasteiger partial charge in [0.2, 0.25) is 11.8 Å². The number of rotatable bonds is 4. The Morgan fingerprint density at radius 2 is 2.24 bits per heavy atom. The van der Waals surface area contributed by atoms with Crippen LogP contribution in [0, 0.1) is 0 Å². The van der Waals surface area contributed by atoms with Crippen LogP contribution in [-0.4, -0.2) is 27.5 Å². The van der Waals surface area contributed by atoms with Crippen molar-refractivity contribution >= 4 is 5.91 Å². The average molecular weight is 292 g/mol. The van der Waals surface area contributed by atoms with Crippen molar-refractivity contribution in [3.05, 3.63) is 11.7 Å². The van der Waals surface area contributed by atoms with Crippen molar-refractivity contribution in [3.63, 3.8) is 0 Å². The van der Waals surface area contributed by atoms with Crippen LogP contribution in [0.3, 0.4) is 0 Å². The van der Waals surface area contributed by atoms with Crippen molar-refractivity contribution in [1.29, 1.82) is 0 Å². The van der Waals surface area contributed by atoms with Crippen LogP contribution in [0.15, 0.2) is 4.52 Å². The SMILES string of the molecule is CCCC(=O)N1CCCCC1c1nc(C2(N)CCC2)no1. The minimum absolute atomic E-state index is 0.0669. The lowest BCUT2D eigenvalue weighted by molar-refractivity contribution is -0.135. The summed E-state index contributed by atoms with van der Waals surface area (Å²) in [5.41, 5.74) is 5.84. The predicted molar refractivity (Wildman–Crippen MR) is 77.2 cm³/mol. The summed E-state index contributed by atoms with van der Waals surface area (Å²) in [6, 6.07) is -0.0669. The Morgan fingerprint density at radius 1 is 1.43 bits per heavy atom. The normalized spacial score (nSPS) is 24.7. The van der Waals surface area contributed by atoms with Crippen LogP contribution < -0.4 is 5.73 Å². The number of likely N-dealkylation sites (tertiary alicyclic amines) is 1. The van der Waals surface area contributed by atoms with Crippen LogP contribution in [0.1, 0.15) is 76.0 Å². The molecule has 6 nitrogen and oxygen atoms in total. The third-order valence-electron chi connectivity index (χ3n) is 4.70. The first-order chi connectivity index (χ1) is 10.1. The Hall–Kier alpha value is -1.43. The molecule has 1 aromatic heterocycles. The van der Waals surface area contributed by atoms with E-state index in [0.29, 0.717) is 18.1 Å². The molecule has 1 aromatic rings. The summed E-state index contributed by atoms with van der Waals surface area (Å²) >= 11 is 0. The van der Waals surface area contributed by atoms with Crippen LogP contribution in [0.2, 0.25) is 0 Å². The van der Waals surface area contributed by atoms with Gasteiger partial charge in [0.1, 0.15) is 6.04 Å². The minimum atomic E-state index is -0.408. The molecule has 116 valence electrons. The van der Waals surface area contributed by atoms with E-state index < -0.39 is 5.54 Å². The molecule has 0 spiro atoms. The van der Waals surface area contributed by atoms with Crippen molar-refractivity contribution < 1.29 is 9.32 Å². The average Bonchev–Trinajstić information content (AvgIpc) is 2.95. The quantitative estimate of drug-likeness (QED) is 0.920. The van der Waals surface area contributed by atoms with Crippen molar-refractivity contribution in [2.75, 3.05) is 6.54 Å². The van der Waals surface area contributed by atoms with E-state index in [0.717, 1.165) is 51.5 Å². The molecule has 2 fully saturated rings. The lowest BCUT2D eigenvalue weighted by Crippen LogP contribution is -2.44. The first kappa shape index (κ1) is 14.5. The summed E-state index contributed by atoms with van der Waals surface area (Å²) in [4.78, 5) is 18.7. The van der Waals surface area contributed by atoms with Gasteiger partial charge in [-0.2, -0.15) is 4.98 Å². The second-order valence-electron chi connectivity index (χ2n) is 6.31. The van der Waals surface area contributed by atoms with Gasteiger partial charge in [-0.3, -0.25) is 4.79 Å². The summed E-state index contributed by atoms with van der Waals surface area (Å²) in [6.45, 7) is 2.81. The van der Waals surface area contributed by atoms with Gasteiger partial charge >= 0.3 is 0 Å². The van der Waals surface area contributed by atoms with E-state index in [1.165, 1.54) is 0 Å². The molecular weight excluding hydrogens is 268 g/mol. The zero-order valence-electron chi connectivity index (χ0n) is 12.7. The highest BCUT2D eigenvalue weighted by Crippen LogP contribution is 2.38. The Bertz CT molecular complexity index is 510. The third kappa shape index (κ3) is 2.69. The van der Waals surface area contributed by atoms with Gasteiger partial charge in [-0.15, -0.1) is 0 Å². The number of carbonyl (C=O) groups excluding carboxylic acids is 1. The largest absolute Gasteiger partial charge is 0.337 e. The summed E-state index contributed by atoms with van der Waals surface area (Å²) in [5, 5.41) is 4.08. The zero-order valence-corrected chi connectivity index (χ0v) is 12.7. The molecular formula is C15H24N4O2. The van der Waals surface area contributed by atoms with Gasteiger partial charge in [0.25, 0.3) is 0 Å². The number of nitrogens with two attached hydrogens (primary N) is 1. The van der Waals surface area contributed by atoms with E-state index in [4.69, 9.17) is 10.3 Å². The van der Waals surface area contributed by atoms with Gasteiger partial charge in [-0.1, -0.05) is 12.1 Å². The fraction of sp³-hybridized carbons (Fsp3) is 0.800. The van der Waals surface area contributed by atoms with Gasteiger partial charge in [0.05, 0.1) is 5.54 Å². The van der Waals surface area contributed by atoms with Crippen molar-refractivity contribution in [2.45, 2.75) is 69.9 Å². The number of carbonyl (C=O) groups is 1. The van der Waals surface area contributed by atoms with Crippen LogP contribution >= 0.6 is 0 Å². The fourth-order valence-electron chi connectivity index (χ4n) is 3.20. The van der Waals surface area contributed by atoms with Gasteiger partial charge in [0, 0.05) is 13.0 Å². The highest BCUT2D eigenvalue weighted by atomic mass is 16.5. The summed E-state index contributed by atoms with van der Waals surface area (Å²) in [5.74, 6) is 1.36. The number of nitrogens with zero attached hydrogens (tertiary/aromatic N) is 3. The highest BCUT2D eigenvalue weighted by Gasteiger charge is 2.40. The second kappa shape index (κ2) is 5.75. The topological polar surface area (TPSA) is 85.2 Å². The van der Waals surface area contributed by atoms with Crippen molar-refractivity contribution in [3.8, 4) is 0 Å². The molecule has 0 bridgehead atoms.